The lowest BCUT2D eigenvalue weighted by molar-refractivity contribution is 0.0944. The van der Waals surface area contributed by atoms with Gasteiger partial charge in [-0.05, 0) is 12.3 Å². The monoisotopic (exact) mass is 179 g/mol. The third kappa shape index (κ3) is 1.71. The first-order chi connectivity index (χ1) is 6.16. The van der Waals surface area contributed by atoms with E-state index in [4.69, 9.17) is 0 Å². The van der Waals surface area contributed by atoms with Crippen LogP contribution in [0.4, 0.5) is 0 Å². The molecule has 0 aromatic carbocycles. The van der Waals surface area contributed by atoms with Crippen LogP contribution in [-0.2, 0) is 7.05 Å². The summed E-state index contributed by atoms with van der Waals surface area (Å²) in [7, 11) is 1.85. The van der Waals surface area contributed by atoms with Gasteiger partial charge in [0.2, 0.25) is 0 Å². The van der Waals surface area contributed by atoms with Gasteiger partial charge in [-0.2, -0.15) is 0 Å². The van der Waals surface area contributed by atoms with Gasteiger partial charge in [0, 0.05) is 19.3 Å². The normalized spacial score (nSPS) is 25.7. The highest BCUT2D eigenvalue weighted by atomic mass is 16.2. The first-order valence-electron chi connectivity index (χ1n) is 4.45. The summed E-state index contributed by atoms with van der Waals surface area (Å²) in [5.74, 6) is 0.572. The average molecular weight is 179 g/mol. The Morgan fingerprint density at radius 1 is 1.77 bits per heavy atom. The molecule has 1 aliphatic carbocycles. The molecule has 1 heterocycles. The number of imidazole rings is 1. The zero-order valence-electron chi connectivity index (χ0n) is 7.82. The molecule has 0 radical (unpaired) electrons. The van der Waals surface area contributed by atoms with Crippen LogP contribution in [0.25, 0.3) is 0 Å². The minimum Gasteiger partial charge on any atom is -0.348 e. The predicted molar refractivity (Wildman–Crippen MR) is 48.2 cm³/mol. The van der Waals surface area contributed by atoms with Crippen molar-refractivity contribution < 1.29 is 4.79 Å². The summed E-state index contributed by atoms with van der Waals surface area (Å²) < 4.78 is 1.77. The maximum Gasteiger partial charge on any atom is 0.271 e. The summed E-state index contributed by atoms with van der Waals surface area (Å²) in [4.78, 5) is 15.4. The lowest BCUT2D eigenvalue weighted by atomic mass is 10.4. The summed E-state index contributed by atoms with van der Waals surface area (Å²) >= 11 is 0. The van der Waals surface area contributed by atoms with E-state index in [1.165, 1.54) is 0 Å². The Kier molecular flexibility index (Phi) is 1.83. The van der Waals surface area contributed by atoms with E-state index in [1.807, 2.05) is 7.05 Å². The SMILES string of the molecule is C[C@@H]1C[C@H]1NC(=O)c1cn(C)cn1. The Morgan fingerprint density at radius 2 is 2.46 bits per heavy atom. The number of hydrogen-bond donors (Lipinski definition) is 1. The zero-order valence-corrected chi connectivity index (χ0v) is 7.82. The molecule has 1 aromatic heterocycles. The summed E-state index contributed by atoms with van der Waals surface area (Å²) in [6.07, 6.45) is 4.45. The summed E-state index contributed by atoms with van der Waals surface area (Å²) in [6.45, 7) is 2.13. The van der Waals surface area contributed by atoms with Crippen LogP contribution >= 0.6 is 0 Å². The molecule has 70 valence electrons. The van der Waals surface area contributed by atoms with Gasteiger partial charge in [-0.1, -0.05) is 6.92 Å². The quantitative estimate of drug-likeness (QED) is 0.721. The molecule has 0 saturated heterocycles. The highest BCUT2D eigenvalue weighted by molar-refractivity contribution is 5.92. The van der Waals surface area contributed by atoms with Crippen LogP contribution in [0.5, 0.6) is 0 Å². The molecule has 1 fully saturated rings. The van der Waals surface area contributed by atoms with Crippen molar-refractivity contribution in [2.24, 2.45) is 13.0 Å². The van der Waals surface area contributed by atoms with Crippen LogP contribution in [0.3, 0.4) is 0 Å². The molecule has 0 aliphatic heterocycles. The fourth-order valence-electron chi connectivity index (χ4n) is 1.30. The molecule has 1 aliphatic rings. The van der Waals surface area contributed by atoms with Gasteiger partial charge in [0.1, 0.15) is 5.69 Å². The lowest BCUT2D eigenvalue weighted by Gasteiger charge is -1.99. The number of carbonyl (C=O) groups excluding carboxylic acids is 1. The van der Waals surface area contributed by atoms with Crippen molar-refractivity contribution in [1.29, 1.82) is 0 Å². The standard InChI is InChI=1S/C9H13N3O/c1-6-3-7(6)11-9(13)8-4-12(2)5-10-8/h4-7H,3H2,1-2H3,(H,11,13)/t6-,7-/m1/s1. The molecule has 1 saturated carbocycles. The van der Waals surface area contributed by atoms with Gasteiger partial charge < -0.3 is 9.88 Å². The second-order valence-corrected chi connectivity index (χ2v) is 3.72. The topological polar surface area (TPSA) is 46.9 Å². The minimum absolute atomic E-state index is 0.0602. The van der Waals surface area contributed by atoms with Gasteiger partial charge >= 0.3 is 0 Å². The smallest absolute Gasteiger partial charge is 0.271 e. The lowest BCUT2D eigenvalue weighted by Crippen LogP contribution is -2.26. The second kappa shape index (κ2) is 2.87. The number of aryl methyl sites for hydroxylation is 1. The third-order valence-electron chi connectivity index (χ3n) is 2.36. The van der Waals surface area contributed by atoms with Crippen molar-refractivity contribution in [2.75, 3.05) is 0 Å². The van der Waals surface area contributed by atoms with Gasteiger partial charge in [-0.3, -0.25) is 4.79 Å². The Balaban J connectivity index is 1.97. The highest BCUT2D eigenvalue weighted by Gasteiger charge is 2.34. The molecule has 0 unspecified atom stereocenters. The van der Waals surface area contributed by atoms with Crippen LogP contribution in [0.1, 0.15) is 23.8 Å². The molecule has 2 atom stereocenters. The average Bonchev–Trinajstić information content (AvgIpc) is 2.62. The van der Waals surface area contributed by atoms with E-state index < -0.39 is 0 Å². The van der Waals surface area contributed by atoms with Crippen molar-refractivity contribution in [1.82, 2.24) is 14.9 Å². The molecule has 13 heavy (non-hydrogen) atoms. The molecule has 4 heteroatoms. The van der Waals surface area contributed by atoms with Crippen LogP contribution in [0, 0.1) is 5.92 Å². The van der Waals surface area contributed by atoms with Crippen molar-refractivity contribution in [3.05, 3.63) is 18.2 Å². The van der Waals surface area contributed by atoms with Crippen LogP contribution in [-0.4, -0.2) is 21.5 Å². The van der Waals surface area contributed by atoms with E-state index in [1.54, 1.807) is 17.1 Å². The molecule has 0 spiro atoms. The van der Waals surface area contributed by atoms with Crippen LogP contribution < -0.4 is 5.32 Å². The first-order valence-corrected chi connectivity index (χ1v) is 4.45. The number of nitrogens with one attached hydrogen (secondary N) is 1. The molecule has 1 N–H and O–H groups in total. The fraction of sp³-hybridized carbons (Fsp3) is 0.556. The molecule has 0 bridgehead atoms. The van der Waals surface area contributed by atoms with Gasteiger partial charge in [0.15, 0.2) is 0 Å². The van der Waals surface area contributed by atoms with E-state index >= 15 is 0 Å². The summed E-state index contributed by atoms with van der Waals surface area (Å²) in [5, 5.41) is 2.92. The van der Waals surface area contributed by atoms with Crippen molar-refractivity contribution in [2.45, 2.75) is 19.4 Å². The first kappa shape index (κ1) is 8.29. The van der Waals surface area contributed by atoms with E-state index in [2.05, 4.69) is 17.2 Å². The number of rotatable bonds is 2. The Morgan fingerprint density at radius 3 is 2.92 bits per heavy atom. The van der Waals surface area contributed by atoms with Gasteiger partial charge in [-0.25, -0.2) is 4.98 Å². The third-order valence-corrected chi connectivity index (χ3v) is 2.36. The van der Waals surface area contributed by atoms with E-state index in [0.717, 1.165) is 6.42 Å². The minimum atomic E-state index is -0.0602. The Hall–Kier alpha value is -1.32. The zero-order chi connectivity index (χ0) is 9.42. The molecule has 1 aromatic rings. The number of hydrogen-bond acceptors (Lipinski definition) is 2. The van der Waals surface area contributed by atoms with Crippen molar-refractivity contribution in [3.8, 4) is 0 Å². The predicted octanol–water partition coefficient (Wildman–Crippen LogP) is 0.558. The number of nitrogens with zero attached hydrogens (tertiary/aromatic N) is 2. The second-order valence-electron chi connectivity index (χ2n) is 3.72. The number of amides is 1. The molecular weight excluding hydrogens is 166 g/mol. The van der Waals surface area contributed by atoms with E-state index in [-0.39, 0.29) is 5.91 Å². The van der Waals surface area contributed by atoms with Gasteiger partial charge in [-0.15, -0.1) is 0 Å². The maximum absolute atomic E-state index is 11.5. The molecule has 4 nitrogen and oxygen atoms in total. The fourth-order valence-corrected chi connectivity index (χ4v) is 1.30. The van der Waals surface area contributed by atoms with Crippen LogP contribution in [0.2, 0.25) is 0 Å². The number of carbonyl (C=O) groups is 1. The Labute approximate surface area is 77.0 Å². The molecule has 2 rings (SSSR count). The van der Waals surface area contributed by atoms with Gasteiger partial charge in [0.25, 0.3) is 5.91 Å². The van der Waals surface area contributed by atoms with Crippen LogP contribution in [0.15, 0.2) is 12.5 Å². The summed E-state index contributed by atoms with van der Waals surface area (Å²) in [6, 6.07) is 0.370. The van der Waals surface area contributed by atoms with Crippen molar-refractivity contribution in [3.63, 3.8) is 0 Å². The van der Waals surface area contributed by atoms with E-state index in [9.17, 15) is 4.79 Å². The maximum atomic E-state index is 11.5. The van der Waals surface area contributed by atoms with Crippen molar-refractivity contribution >= 4 is 5.91 Å². The largest absolute Gasteiger partial charge is 0.348 e. The van der Waals surface area contributed by atoms with E-state index in [0.29, 0.717) is 17.7 Å². The molecular formula is C9H13N3O. The number of aromatic nitrogens is 2. The Bertz CT molecular complexity index is 331. The highest BCUT2D eigenvalue weighted by Crippen LogP contribution is 2.29. The van der Waals surface area contributed by atoms with Gasteiger partial charge in [0.05, 0.1) is 6.33 Å². The molecule has 1 amide bonds. The summed E-state index contributed by atoms with van der Waals surface area (Å²) in [5.41, 5.74) is 0.501.